The van der Waals surface area contributed by atoms with E-state index in [0.717, 1.165) is 11.1 Å². The van der Waals surface area contributed by atoms with Gasteiger partial charge in [-0.25, -0.2) is 0 Å². The number of fused-ring (bicyclic) bond motifs is 5. The first-order valence-corrected chi connectivity index (χ1v) is 16.5. The van der Waals surface area contributed by atoms with Gasteiger partial charge < -0.3 is 28.5 Å². The normalized spacial score (nSPS) is 41.4. The highest BCUT2D eigenvalue weighted by molar-refractivity contribution is 5.92. The van der Waals surface area contributed by atoms with E-state index in [2.05, 4.69) is 0 Å². The van der Waals surface area contributed by atoms with E-state index in [4.69, 9.17) is 23.4 Å². The number of methoxy groups -OCH3 is 1. The molecule has 3 saturated carbocycles. The highest BCUT2D eigenvalue weighted by Gasteiger charge is 2.78. The average Bonchev–Trinajstić information content (AvgIpc) is 3.66. The zero-order valence-corrected chi connectivity index (χ0v) is 28.8. The average molecular weight is 657 g/mol. The summed E-state index contributed by atoms with van der Waals surface area (Å²) in [5, 5.41) is 11.5. The van der Waals surface area contributed by atoms with Gasteiger partial charge in [-0.15, -0.1) is 0 Å². The van der Waals surface area contributed by atoms with Gasteiger partial charge in [-0.1, -0.05) is 39.3 Å². The number of aliphatic hydroxyl groups is 1. The molecule has 11 nitrogen and oxygen atoms in total. The number of furan rings is 1. The zero-order valence-electron chi connectivity index (χ0n) is 28.8. The quantitative estimate of drug-likeness (QED) is 0.247. The summed E-state index contributed by atoms with van der Waals surface area (Å²) < 4.78 is 29.4. The number of hydrogen-bond donors (Lipinski definition) is 1. The van der Waals surface area contributed by atoms with Gasteiger partial charge in [0.2, 0.25) is 0 Å². The van der Waals surface area contributed by atoms with E-state index in [9.17, 15) is 29.1 Å². The van der Waals surface area contributed by atoms with Crippen molar-refractivity contribution in [3.63, 3.8) is 0 Å². The maximum Gasteiger partial charge on any atom is 0.314 e. The fourth-order valence-electron chi connectivity index (χ4n) is 10.1. The summed E-state index contributed by atoms with van der Waals surface area (Å²) >= 11 is 0. The molecule has 3 fully saturated rings. The number of ether oxygens (including phenoxy) is 4. The van der Waals surface area contributed by atoms with Gasteiger partial charge in [0.1, 0.15) is 24.1 Å². The molecular weight excluding hydrogens is 608 g/mol. The molecule has 1 heterocycles. The number of carbonyl (C=O) groups excluding carboxylic acids is 5. The van der Waals surface area contributed by atoms with Crippen molar-refractivity contribution in [3.8, 4) is 0 Å². The predicted octanol–water partition coefficient (Wildman–Crippen LogP) is 4.70. The molecule has 258 valence electrons. The number of ketones is 1. The fraction of sp³-hybridized carbons (Fsp3) is 0.694. The molecule has 4 aliphatic carbocycles. The topological polar surface area (TPSA) is 156 Å². The number of hydrogen-bond acceptors (Lipinski definition) is 11. The van der Waals surface area contributed by atoms with Crippen molar-refractivity contribution < 1.29 is 52.4 Å². The Morgan fingerprint density at radius 2 is 1.72 bits per heavy atom. The standard InChI is InChI=1S/C36H48O11/c1-10-18(2)31(41)47-30-28(46-20(4)38)29-34(6,23-12-11-22(33(23,30)5)21-13-14-44-17-21)25(39)15-24-35(7,32(42)43-9)26(40)16-27(36(24,29)8)45-19(3)37/h12-14,17-18,22,24,26-30,40H,10-11,15-16H2,1-9H3/t18?,22-,24?,26+,27-,28?,29?,30-,33-,34+,35-,36+/m0/s1. The van der Waals surface area contributed by atoms with Crippen molar-refractivity contribution >= 4 is 29.7 Å². The Balaban J connectivity index is 1.83. The van der Waals surface area contributed by atoms with Crippen molar-refractivity contribution in [1.29, 1.82) is 0 Å². The molecule has 0 saturated heterocycles. The molecule has 0 amide bonds. The minimum Gasteiger partial charge on any atom is -0.472 e. The largest absolute Gasteiger partial charge is 0.472 e. The Morgan fingerprint density at radius 1 is 1.06 bits per heavy atom. The third-order valence-corrected chi connectivity index (χ3v) is 12.6. The third-order valence-electron chi connectivity index (χ3n) is 12.6. The molecule has 47 heavy (non-hydrogen) atoms. The van der Waals surface area contributed by atoms with Crippen LogP contribution in [-0.4, -0.2) is 66.3 Å². The summed E-state index contributed by atoms with van der Waals surface area (Å²) in [6, 6.07) is 1.84. The van der Waals surface area contributed by atoms with Gasteiger partial charge in [-0.2, -0.15) is 0 Å². The van der Waals surface area contributed by atoms with Crippen LogP contribution in [0.15, 0.2) is 34.7 Å². The molecule has 12 atom stereocenters. The Hall–Kier alpha value is -3.47. The fourth-order valence-corrected chi connectivity index (χ4v) is 10.1. The lowest BCUT2D eigenvalue weighted by Gasteiger charge is -2.69. The Morgan fingerprint density at radius 3 is 2.28 bits per heavy atom. The molecule has 4 unspecified atom stereocenters. The van der Waals surface area contributed by atoms with Gasteiger partial charge in [-0.05, 0) is 44.2 Å². The summed E-state index contributed by atoms with van der Waals surface area (Å²) in [6.45, 7) is 13.4. The molecular formula is C36H48O11. The molecule has 4 aliphatic rings. The lowest BCUT2D eigenvalue weighted by atomic mass is 9.35. The Labute approximate surface area is 275 Å². The second-order valence-corrected chi connectivity index (χ2v) is 14.8. The molecule has 0 bridgehead atoms. The number of allylic oxidation sites excluding steroid dienone is 1. The first-order chi connectivity index (χ1) is 21.9. The predicted molar refractivity (Wildman–Crippen MR) is 166 cm³/mol. The van der Waals surface area contributed by atoms with Gasteiger partial charge in [0.05, 0.1) is 42.5 Å². The lowest BCUT2D eigenvalue weighted by molar-refractivity contribution is -0.268. The van der Waals surface area contributed by atoms with Crippen LogP contribution < -0.4 is 0 Å². The molecule has 1 N–H and O–H groups in total. The van der Waals surface area contributed by atoms with Crippen LogP contribution in [0.5, 0.6) is 0 Å². The van der Waals surface area contributed by atoms with Crippen LogP contribution >= 0.6 is 0 Å². The Kier molecular flexibility index (Phi) is 8.82. The van der Waals surface area contributed by atoms with Crippen molar-refractivity contribution in [2.24, 2.45) is 39.4 Å². The van der Waals surface area contributed by atoms with E-state index in [1.54, 1.807) is 26.4 Å². The van der Waals surface area contributed by atoms with Crippen LogP contribution in [0.4, 0.5) is 0 Å². The first kappa shape index (κ1) is 34.9. The Bertz CT molecular complexity index is 1480. The second-order valence-electron chi connectivity index (χ2n) is 14.8. The van der Waals surface area contributed by atoms with Crippen molar-refractivity contribution in [3.05, 3.63) is 35.8 Å². The summed E-state index contributed by atoms with van der Waals surface area (Å²) in [4.78, 5) is 67.9. The monoisotopic (exact) mass is 656 g/mol. The van der Waals surface area contributed by atoms with Crippen LogP contribution in [-0.2, 0) is 42.9 Å². The molecule has 1 aromatic heterocycles. The summed E-state index contributed by atoms with van der Waals surface area (Å²) in [6.07, 6.45) is 1.39. The van der Waals surface area contributed by atoms with Gasteiger partial charge in [0.15, 0.2) is 0 Å². The third kappa shape index (κ3) is 4.81. The van der Waals surface area contributed by atoms with E-state index >= 15 is 0 Å². The number of Topliss-reactive ketones (excluding diaryl/α,β-unsaturated/α-hetero) is 1. The highest BCUT2D eigenvalue weighted by Crippen LogP contribution is 2.74. The lowest BCUT2D eigenvalue weighted by Crippen LogP contribution is -2.75. The van der Waals surface area contributed by atoms with Crippen LogP contribution in [0.25, 0.3) is 0 Å². The van der Waals surface area contributed by atoms with Crippen LogP contribution in [0.1, 0.15) is 92.6 Å². The van der Waals surface area contributed by atoms with Crippen LogP contribution in [0.3, 0.4) is 0 Å². The molecule has 0 aromatic carbocycles. The smallest absolute Gasteiger partial charge is 0.314 e. The van der Waals surface area contributed by atoms with Crippen molar-refractivity contribution in [2.45, 2.75) is 111 Å². The highest BCUT2D eigenvalue weighted by atomic mass is 16.6. The number of carbonyl (C=O) groups is 5. The summed E-state index contributed by atoms with van der Waals surface area (Å²) in [7, 11) is 1.22. The molecule has 0 spiro atoms. The van der Waals surface area contributed by atoms with E-state index in [1.807, 2.05) is 39.8 Å². The minimum atomic E-state index is -1.58. The first-order valence-electron chi connectivity index (χ1n) is 16.5. The van der Waals surface area contributed by atoms with Crippen molar-refractivity contribution in [2.75, 3.05) is 7.11 Å². The maximum atomic E-state index is 14.9. The number of esters is 4. The summed E-state index contributed by atoms with van der Waals surface area (Å²) in [5.41, 5.74) is -3.58. The van der Waals surface area contributed by atoms with E-state index in [1.165, 1.54) is 21.0 Å². The summed E-state index contributed by atoms with van der Waals surface area (Å²) in [5.74, 6) is -5.26. The van der Waals surface area contributed by atoms with Gasteiger partial charge >= 0.3 is 23.9 Å². The SMILES string of the molecule is CCC(C)C(=O)O[C@H]1C(OC(C)=O)C2[C@@](C)(C(=O)CC3[C@]2(C)[C@@H](OC(C)=O)C[C@@H](O)[C@@]3(C)C(=O)OC)C2=CC[C@@H](c3ccoc3)[C@@]21C. The zero-order chi connectivity index (χ0) is 34.9. The number of rotatable bonds is 7. The van der Waals surface area contributed by atoms with Crippen molar-refractivity contribution in [1.82, 2.24) is 0 Å². The second kappa shape index (κ2) is 11.9. The van der Waals surface area contributed by atoms with E-state index in [-0.39, 0.29) is 24.5 Å². The molecule has 5 rings (SSSR count). The van der Waals surface area contributed by atoms with Gasteiger partial charge in [-0.3, -0.25) is 24.0 Å². The van der Waals surface area contributed by atoms with Gasteiger partial charge in [0.25, 0.3) is 0 Å². The van der Waals surface area contributed by atoms with Crippen LogP contribution in [0, 0.1) is 39.4 Å². The van der Waals surface area contributed by atoms with Crippen LogP contribution in [0.2, 0.25) is 0 Å². The molecule has 1 aromatic rings. The molecule has 0 aliphatic heterocycles. The number of aliphatic hydroxyl groups excluding tert-OH is 1. The van der Waals surface area contributed by atoms with E-state index in [0.29, 0.717) is 12.8 Å². The maximum absolute atomic E-state index is 14.9. The molecule has 0 radical (unpaired) electrons. The van der Waals surface area contributed by atoms with Gasteiger partial charge in [0, 0.05) is 49.4 Å². The minimum absolute atomic E-state index is 0.128. The van der Waals surface area contributed by atoms with E-state index < -0.39 is 87.7 Å². The molecule has 11 heteroatoms.